The summed E-state index contributed by atoms with van der Waals surface area (Å²) in [6, 6.07) is 7.47. The Bertz CT molecular complexity index is 567. The summed E-state index contributed by atoms with van der Waals surface area (Å²) in [5, 5.41) is 0. The van der Waals surface area contributed by atoms with Crippen molar-refractivity contribution in [2.75, 3.05) is 0 Å². The van der Waals surface area contributed by atoms with Crippen LogP contribution in [0.1, 0.15) is 33.5 Å². The highest BCUT2D eigenvalue weighted by Crippen LogP contribution is 2.24. The lowest BCUT2D eigenvalue weighted by atomic mass is 9.99. The maximum absolute atomic E-state index is 12.8. The number of aromatic nitrogens is 1. The number of carbonyl (C=O) groups excluding carboxylic acids is 1. The molecule has 1 aromatic heterocycles. The second kappa shape index (κ2) is 5.04. The first-order valence-corrected chi connectivity index (χ1v) is 5.43. The SMILES string of the molecule is Cc1ccc(C(=O)c2ccncc2)cc1C(F)F. The molecule has 0 spiro atoms. The number of benzene rings is 1. The maximum Gasteiger partial charge on any atom is 0.264 e. The largest absolute Gasteiger partial charge is 0.289 e. The first kappa shape index (κ1) is 12.4. The topological polar surface area (TPSA) is 30.0 Å². The second-order valence-corrected chi connectivity index (χ2v) is 3.94. The van der Waals surface area contributed by atoms with Gasteiger partial charge < -0.3 is 0 Å². The number of rotatable bonds is 3. The predicted molar refractivity (Wildman–Crippen MR) is 63.8 cm³/mol. The Hall–Kier alpha value is -2.10. The Morgan fingerprint density at radius 1 is 1.11 bits per heavy atom. The molecule has 0 aliphatic rings. The number of alkyl halides is 2. The van der Waals surface area contributed by atoms with Gasteiger partial charge in [-0.3, -0.25) is 9.78 Å². The average Bonchev–Trinajstić information content (AvgIpc) is 2.39. The molecule has 0 unspecified atom stereocenters. The van der Waals surface area contributed by atoms with E-state index in [2.05, 4.69) is 4.98 Å². The molecular weight excluding hydrogens is 236 g/mol. The van der Waals surface area contributed by atoms with E-state index in [4.69, 9.17) is 0 Å². The zero-order valence-electron chi connectivity index (χ0n) is 9.73. The molecular formula is C14H11F2NO. The minimum atomic E-state index is -2.57. The lowest BCUT2D eigenvalue weighted by molar-refractivity contribution is 0.103. The molecule has 2 aromatic rings. The van der Waals surface area contributed by atoms with Crippen LogP contribution < -0.4 is 0 Å². The molecule has 92 valence electrons. The van der Waals surface area contributed by atoms with Gasteiger partial charge in [-0.15, -0.1) is 0 Å². The molecule has 2 nitrogen and oxygen atoms in total. The summed E-state index contributed by atoms with van der Waals surface area (Å²) in [6.45, 7) is 1.60. The highest BCUT2D eigenvalue weighted by atomic mass is 19.3. The van der Waals surface area contributed by atoms with Crippen LogP contribution in [-0.4, -0.2) is 10.8 Å². The van der Waals surface area contributed by atoms with Crippen molar-refractivity contribution >= 4 is 5.78 Å². The van der Waals surface area contributed by atoms with Crippen LogP contribution in [0.4, 0.5) is 8.78 Å². The van der Waals surface area contributed by atoms with E-state index in [1.165, 1.54) is 24.5 Å². The number of aryl methyl sites for hydroxylation is 1. The summed E-state index contributed by atoms with van der Waals surface area (Å²) in [7, 11) is 0. The number of pyridine rings is 1. The molecule has 18 heavy (non-hydrogen) atoms. The van der Waals surface area contributed by atoms with Crippen molar-refractivity contribution < 1.29 is 13.6 Å². The molecule has 0 aliphatic heterocycles. The van der Waals surface area contributed by atoms with E-state index in [9.17, 15) is 13.6 Å². The second-order valence-electron chi connectivity index (χ2n) is 3.94. The molecule has 0 bridgehead atoms. The lowest BCUT2D eigenvalue weighted by Crippen LogP contribution is -2.03. The molecule has 0 fully saturated rings. The first-order chi connectivity index (χ1) is 8.59. The Labute approximate surface area is 103 Å². The lowest BCUT2D eigenvalue weighted by Gasteiger charge is -2.07. The molecule has 0 radical (unpaired) electrons. The molecule has 0 saturated carbocycles. The zero-order valence-corrected chi connectivity index (χ0v) is 9.73. The predicted octanol–water partition coefficient (Wildman–Crippen LogP) is 3.56. The van der Waals surface area contributed by atoms with Crippen molar-refractivity contribution in [3.05, 3.63) is 65.0 Å². The quantitative estimate of drug-likeness (QED) is 0.776. The van der Waals surface area contributed by atoms with Gasteiger partial charge in [0, 0.05) is 29.1 Å². The summed E-state index contributed by atoms with van der Waals surface area (Å²) in [6.07, 6.45) is 0.417. The van der Waals surface area contributed by atoms with Crippen LogP contribution in [0.3, 0.4) is 0 Å². The molecule has 0 aliphatic carbocycles. The van der Waals surface area contributed by atoms with Gasteiger partial charge in [0.2, 0.25) is 0 Å². The summed E-state index contributed by atoms with van der Waals surface area (Å²) in [5.41, 5.74) is 1.09. The van der Waals surface area contributed by atoms with Crippen LogP contribution in [0.2, 0.25) is 0 Å². The van der Waals surface area contributed by atoms with Gasteiger partial charge in [-0.2, -0.15) is 0 Å². The van der Waals surface area contributed by atoms with Crippen molar-refractivity contribution in [3.8, 4) is 0 Å². The van der Waals surface area contributed by atoms with E-state index in [0.29, 0.717) is 11.1 Å². The van der Waals surface area contributed by atoms with E-state index < -0.39 is 6.43 Å². The van der Waals surface area contributed by atoms with Gasteiger partial charge >= 0.3 is 0 Å². The van der Waals surface area contributed by atoms with Crippen molar-refractivity contribution in [3.63, 3.8) is 0 Å². The summed E-state index contributed by atoms with van der Waals surface area (Å²) in [5.74, 6) is -0.278. The number of hydrogen-bond acceptors (Lipinski definition) is 2. The average molecular weight is 247 g/mol. The molecule has 1 heterocycles. The third-order valence-electron chi connectivity index (χ3n) is 2.72. The highest BCUT2D eigenvalue weighted by molar-refractivity contribution is 6.09. The number of nitrogens with zero attached hydrogens (tertiary/aromatic N) is 1. The van der Waals surface area contributed by atoms with Gasteiger partial charge in [-0.25, -0.2) is 8.78 Å². The zero-order chi connectivity index (χ0) is 13.1. The molecule has 1 aromatic carbocycles. The van der Waals surface area contributed by atoms with Crippen molar-refractivity contribution in [2.45, 2.75) is 13.3 Å². The van der Waals surface area contributed by atoms with Crippen molar-refractivity contribution in [1.29, 1.82) is 0 Å². The molecule has 0 amide bonds. The van der Waals surface area contributed by atoms with Crippen LogP contribution in [0.5, 0.6) is 0 Å². The molecule has 4 heteroatoms. The molecule has 0 atom stereocenters. The molecule has 2 rings (SSSR count). The Kier molecular flexibility index (Phi) is 3.46. The molecule has 0 N–H and O–H groups in total. The van der Waals surface area contributed by atoms with E-state index in [1.54, 1.807) is 25.1 Å². The minimum absolute atomic E-state index is 0.102. The summed E-state index contributed by atoms with van der Waals surface area (Å²) >= 11 is 0. The fourth-order valence-corrected chi connectivity index (χ4v) is 1.69. The van der Waals surface area contributed by atoms with Gasteiger partial charge in [0.15, 0.2) is 5.78 Å². The van der Waals surface area contributed by atoms with Gasteiger partial charge in [-0.1, -0.05) is 12.1 Å². The highest BCUT2D eigenvalue weighted by Gasteiger charge is 2.15. The van der Waals surface area contributed by atoms with E-state index in [0.717, 1.165) is 0 Å². The van der Waals surface area contributed by atoms with Crippen LogP contribution in [-0.2, 0) is 0 Å². The van der Waals surface area contributed by atoms with Crippen LogP contribution >= 0.6 is 0 Å². The third-order valence-corrected chi connectivity index (χ3v) is 2.72. The minimum Gasteiger partial charge on any atom is -0.289 e. The summed E-state index contributed by atoms with van der Waals surface area (Å²) in [4.78, 5) is 15.9. The summed E-state index contributed by atoms with van der Waals surface area (Å²) < 4.78 is 25.5. The van der Waals surface area contributed by atoms with Crippen molar-refractivity contribution in [1.82, 2.24) is 4.98 Å². The van der Waals surface area contributed by atoms with Crippen LogP contribution in [0.25, 0.3) is 0 Å². The van der Waals surface area contributed by atoms with Crippen LogP contribution in [0, 0.1) is 6.92 Å². The third kappa shape index (κ3) is 2.42. The van der Waals surface area contributed by atoms with E-state index >= 15 is 0 Å². The van der Waals surface area contributed by atoms with Gasteiger partial charge in [-0.05, 0) is 30.7 Å². The number of ketones is 1. The fourth-order valence-electron chi connectivity index (χ4n) is 1.69. The van der Waals surface area contributed by atoms with Gasteiger partial charge in [0.25, 0.3) is 6.43 Å². The molecule has 0 saturated heterocycles. The van der Waals surface area contributed by atoms with Crippen molar-refractivity contribution in [2.24, 2.45) is 0 Å². The standard InChI is InChI=1S/C14H11F2NO/c1-9-2-3-11(8-12(9)14(15)16)13(18)10-4-6-17-7-5-10/h2-8,14H,1H3. The number of halogens is 2. The Morgan fingerprint density at radius 3 is 2.39 bits per heavy atom. The monoisotopic (exact) mass is 247 g/mol. The first-order valence-electron chi connectivity index (χ1n) is 5.43. The number of hydrogen-bond donors (Lipinski definition) is 0. The van der Waals surface area contributed by atoms with E-state index in [1.807, 2.05) is 0 Å². The fraction of sp³-hybridized carbons (Fsp3) is 0.143. The Balaban J connectivity index is 2.41. The van der Waals surface area contributed by atoms with Gasteiger partial charge in [0.05, 0.1) is 0 Å². The van der Waals surface area contributed by atoms with Gasteiger partial charge in [0.1, 0.15) is 0 Å². The number of carbonyl (C=O) groups is 1. The Morgan fingerprint density at radius 2 is 1.78 bits per heavy atom. The normalized spacial score (nSPS) is 10.7. The van der Waals surface area contributed by atoms with Crippen LogP contribution in [0.15, 0.2) is 42.7 Å². The maximum atomic E-state index is 12.8. The smallest absolute Gasteiger partial charge is 0.264 e. The van der Waals surface area contributed by atoms with E-state index in [-0.39, 0.29) is 16.9 Å².